The van der Waals surface area contributed by atoms with Gasteiger partial charge in [-0.1, -0.05) is 0 Å². The van der Waals surface area contributed by atoms with Crippen molar-refractivity contribution in [3.8, 4) is 0 Å². The molecule has 0 fully saturated rings. The predicted octanol–water partition coefficient (Wildman–Crippen LogP) is -0.183. The fourth-order valence-corrected chi connectivity index (χ4v) is 0. The third-order valence-corrected chi connectivity index (χ3v) is 1.04. The van der Waals surface area contributed by atoms with E-state index in [1.165, 1.54) is 6.92 Å². The molecule has 0 spiro atoms. The van der Waals surface area contributed by atoms with Crippen LogP contribution in [0.1, 0.15) is 6.92 Å². The second-order valence-electron chi connectivity index (χ2n) is 1.53. The van der Waals surface area contributed by atoms with E-state index in [1.807, 2.05) is 0 Å². The molecule has 0 aromatic rings. The summed E-state index contributed by atoms with van der Waals surface area (Å²) in [5.41, 5.74) is -5.53. The van der Waals surface area contributed by atoms with E-state index in [4.69, 9.17) is 13.0 Å². The van der Waals surface area contributed by atoms with Gasteiger partial charge in [-0.05, 0) is 0 Å². The predicted molar refractivity (Wildman–Crippen MR) is 33.6 cm³/mol. The van der Waals surface area contributed by atoms with E-state index >= 15 is 0 Å². The van der Waals surface area contributed by atoms with E-state index in [0.29, 0.717) is 0 Å². The Morgan fingerprint density at radius 2 is 1.62 bits per heavy atom. The molecule has 80 valence electrons. The van der Waals surface area contributed by atoms with Crippen LogP contribution in [0.5, 0.6) is 0 Å². The lowest BCUT2D eigenvalue weighted by molar-refractivity contribution is -0.141. The molecular weight excluding hydrogens is 219 g/mol. The molecular formula is C3H6F3NO5S. The Morgan fingerprint density at radius 1 is 1.46 bits per heavy atom. The summed E-state index contributed by atoms with van der Waals surface area (Å²) in [4.78, 5) is 13.1. The fourth-order valence-electron chi connectivity index (χ4n) is 0. The van der Waals surface area contributed by atoms with E-state index < -0.39 is 21.6 Å². The summed E-state index contributed by atoms with van der Waals surface area (Å²) in [5.74, 6) is 3.85. The summed E-state index contributed by atoms with van der Waals surface area (Å²) in [6, 6.07) is 0. The average molecular weight is 225 g/mol. The van der Waals surface area contributed by atoms with E-state index in [0.717, 1.165) is 0 Å². The van der Waals surface area contributed by atoms with Gasteiger partial charge in [-0.15, -0.1) is 0 Å². The van der Waals surface area contributed by atoms with Crippen LogP contribution in [0.4, 0.5) is 13.2 Å². The van der Waals surface area contributed by atoms with Crippen molar-refractivity contribution >= 4 is 16.1 Å². The first-order chi connectivity index (χ1) is 5.52. The Morgan fingerprint density at radius 3 is 1.62 bits per heavy atom. The minimum atomic E-state index is -5.84. The van der Waals surface area contributed by atoms with Crippen LogP contribution < -0.4 is 5.90 Å². The smallest absolute Gasteiger partial charge is 0.374 e. The largest absolute Gasteiger partial charge is 0.522 e. The first-order valence-corrected chi connectivity index (χ1v) is 3.87. The van der Waals surface area contributed by atoms with Gasteiger partial charge in [-0.25, -0.2) is 0 Å². The van der Waals surface area contributed by atoms with Crippen molar-refractivity contribution in [3.05, 3.63) is 0 Å². The molecule has 6 nitrogen and oxygen atoms in total. The number of nitrogens with two attached hydrogens (primary N) is 1. The molecule has 13 heavy (non-hydrogen) atoms. The summed E-state index contributed by atoms with van der Waals surface area (Å²) < 4.78 is 57.5. The third-order valence-electron chi connectivity index (χ3n) is 0.458. The number of hydrogen-bond donors (Lipinski definition) is 2. The molecule has 0 aliphatic carbocycles. The monoisotopic (exact) mass is 225 g/mol. The molecule has 0 radical (unpaired) electrons. The highest BCUT2D eigenvalue weighted by molar-refractivity contribution is 7.86. The summed E-state index contributed by atoms with van der Waals surface area (Å²) >= 11 is 0. The zero-order valence-corrected chi connectivity index (χ0v) is 7.02. The van der Waals surface area contributed by atoms with Gasteiger partial charge in [-0.3, -0.25) is 9.35 Å². The molecule has 0 bridgehead atoms. The van der Waals surface area contributed by atoms with Crippen molar-refractivity contribution in [2.24, 2.45) is 5.90 Å². The summed E-state index contributed by atoms with van der Waals surface area (Å²) in [7, 11) is -5.84. The van der Waals surface area contributed by atoms with Gasteiger partial charge in [0, 0.05) is 6.92 Å². The van der Waals surface area contributed by atoms with E-state index in [9.17, 15) is 18.0 Å². The maximum absolute atomic E-state index is 10.7. The number of alkyl halides is 3. The molecule has 0 unspecified atom stereocenters. The Balaban J connectivity index is 0. The molecule has 0 aliphatic heterocycles. The summed E-state index contributed by atoms with van der Waals surface area (Å²) in [6.07, 6.45) is 0. The van der Waals surface area contributed by atoms with Gasteiger partial charge in [0.05, 0.1) is 0 Å². The highest BCUT2D eigenvalue weighted by Gasteiger charge is 2.44. The maximum atomic E-state index is 10.7. The van der Waals surface area contributed by atoms with Crippen LogP contribution in [0.2, 0.25) is 0 Å². The van der Waals surface area contributed by atoms with Crippen molar-refractivity contribution < 1.29 is 35.8 Å². The van der Waals surface area contributed by atoms with Crippen LogP contribution in [-0.2, 0) is 19.8 Å². The lowest BCUT2D eigenvalue weighted by Gasteiger charge is -1.97. The SMILES string of the molecule is CC(=O)ON.O=S(=O)(O)C(F)(F)F. The van der Waals surface area contributed by atoms with Crippen molar-refractivity contribution in [1.29, 1.82) is 0 Å². The van der Waals surface area contributed by atoms with Crippen molar-refractivity contribution in [2.45, 2.75) is 12.4 Å². The normalized spacial score (nSPS) is 11.2. The highest BCUT2D eigenvalue weighted by Crippen LogP contribution is 2.20. The molecule has 10 heteroatoms. The highest BCUT2D eigenvalue weighted by atomic mass is 32.2. The Labute approximate surface area is 71.2 Å². The zero-order valence-electron chi connectivity index (χ0n) is 6.20. The van der Waals surface area contributed by atoms with Crippen LogP contribution in [0.3, 0.4) is 0 Å². The van der Waals surface area contributed by atoms with Crippen LogP contribution in [-0.4, -0.2) is 24.4 Å². The van der Waals surface area contributed by atoms with Gasteiger partial charge in [0.25, 0.3) is 0 Å². The number of carbonyl (C=O) groups is 1. The van der Waals surface area contributed by atoms with Gasteiger partial charge >= 0.3 is 21.6 Å². The fraction of sp³-hybridized carbons (Fsp3) is 0.667. The number of hydrogen-bond acceptors (Lipinski definition) is 5. The molecule has 0 amide bonds. The second kappa shape index (κ2) is 4.99. The first-order valence-electron chi connectivity index (χ1n) is 2.43. The molecule has 0 saturated heterocycles. The van der Waals surface area contributed by atoms with Crippen molar-refractivity contribution in [2.75, 3.05) is 0 Å². The zero-order chi connectivity index (χ0) is 11.3. The molecule has 0 atom stereocenters. The standard InChI is InChI=1S/C2H5NO2.CHF3O3S/c1-2(4)5-3;2-1(3,4)8(5,6)7/h3H2,1H3;(H,5,6,7). The lowest BCUT2D eigenvalue weighted by Crippen LogP contribution is -2.21. The minimum absolute atomic E-state index is 0.468. The maximum Gasteiger partial charge on any atom is 0.522 e. The topological polar surface area (TPSA) is 107 Å². The van der Waals surface area contributed by atoms with Crippen molar-refractivity contribution in [3.63, 3.8) is 0 Å². The van der Waals surface area contributed by atoms with E-state index in [1.54, 1.807) is 0 Å². The van der Waals surface area contributed by atoms with Crippen LogP contribution >= 0.6 is 0 Å². The van der Waals surface area contributed by atoms with Gasteiger partial charge in [0.1, 0.15) is 0 Å². The van der Waals surface area contributed by atoms with Crippen LogP contribution in [0, 0.1) is 0 Å². The van der Waals surface area contributed by atoms with Gasteiger partial charge in [-0.2, -0.15) is 27.5 Å². The Bertz CT molecular complexity index is 257. The molecule has 0 aromatic carbocycles. The van der Waals surface area contributed by atoms with E-state index in [-0.39, 0.29) is 0 Å². The number of rotatable bonds is 0. The van der Waals surface area contributed by atoms with Gasteiger partial charge in [0.15, 0.2) is 0 Å². The van der Waals surface area contributed by atoms with Crippen LogP contribution in [0.25, 0.3) is 0 Å². The molecule has 0 heterocycles. The quantitative estimate of drug-likeness (QED) is 0.336. The summed E-state index contributed by atoms with van der Waals surface area (Å²) in [5, 5.41) is 0. The van der Waals surface area contributed by atoms with Crippen molar-refractivity contribution in [1.82, 2.24) is 0 Å². The lowest BCUT2D eigenvalue weighted by atomic mass is 10.8. The van der Waals surface area contributed by atoms with Crippen LogP contribution in [0.15, 0.2) is 0 Å². The third kappa shape index (κ3) is 9.04. The Kier molecular flexibility index (Phi) is 5.62. The van der Waals surface area contributed by atoms with Gasteiger partial charge in [0.2, 0.25) is 0 Å². The molecule has 0 saturated carbocycles. The second-order valence-corrected chi connectivity index (χ2v) is 2.94. The number of halogens is 3. The molecule has 3 N–H and O–H groups in total. The Hall–Kier alpha value is -0.870. The molecule has 0 aliphatic rings. The first kappa shape index (κ1) is 14.6. The van der Waals surface area contributed by atoms with Gasteiger partial charge < -0.3 is 4.84 Å². The summed E-state index contributed by atoms with van der Waals surface area (Å²) in [6.45, 7) is 1.24. The molecule has 0 rings (SSSR count). The average Bonchev–Trinajstić information content (AvgIpc) is 1.84. The number of carbonyl (C=O) groups excluding carboxylic acids is 1. The molecule has 0 aromatic heterocycles. The van der Waals surface area contributed by atoms with E-state index in [2.05, 4.69) is 10.7 Å². The minimum Gasteiger partial charge on any atom is -0.374 e.